The van der Waals surface area contributed by atoms with Crippen molar-refractivity contribution in [3.8, 4) is 5.75 Å². The van der Waals surface area contributed by atoms with E-state index in [2.05, 4.69) is 48.3 Å². The summed E-state index contributed by atoms with van der Waals surface area (Å²) < 4.78 is 5.75. The molecule has 0 amide bonds. The third kappa shape index (κ3) is 2.49. The van der Waals surface area contributed by atoms with Crippen LogP contribution in [0.3, 0.4) is 0 Å². The zero-order valence-electron chi connectivity index (χ0n) is 11.8. The number of ether oxygens (including phenoxy) is 1. The lowest BCUT2D eigenvalue weighted by Gasteiger charge is -2.23. The van der Waals surface area contributed by atoms with E-state index in [1.807, 2.05) is 12.1 Å². The van der Waals surface area contributed by atoms with Gasteiger partial charge in [0.25, 0.3) is 0 Å². The number of fused-ring (bicyclic) bond motifs is 1. The van der Waals surface area contributed by atoms with E-state index >= 15 is 0 Å². The Hall–Kier alpha value is -2.00. The first kappa shape index (κ1) is 13.0. The first-order valence-electron chi connectivity index (χ1n) is 7.00. The summed E-state index contributed by atoms with van der Waals surface area (Å²) in [5.41, 5.74) is 9.39. The van der Waals surface area contributed by atoms with Crippen LogP contribution in [0.15, 0.2) is 48.5 Å². The molecule has 0 spiro atoms. The maximum Gasteiger partial charge on any atom is 0.122 e. The van der Waals surface area contributed by atoms with Crippen molar-refractivity contribution in [1.29, 1.82) is 0 Å². The summed E-state index contributed by atoms with van der Waals surface area (Å²) in [5, 5.41) is 0. The van der Waals surface area contributed by atoms with Gasteiger partial charge in [-0.25, -0.2) is 0 Å². The minimum atomic E-state index is 0.428. The quantitative estimate of drug-likeness (QED) is 0.926. The Kier molecular flexibility index (Phi) is 3.61. The molecule has 2 aromatic carbocycles. The number of rotatable bonds is 4. The van der Waals surface area contributed by atoms with E-state index in [-0.39, 0.29) is 0 Å². The molecule has 0 aliphatic carbocycles. The topological polar surface area (TPSA) is 38.5 Å². The van der Waals surface area contributed by atoms with Gasteiger partial charge in [0.05, 0.1) is 6.61 Å². The van der Waals surface area contributed by atoms with Gasteiger partial charge in [-0.3, -0.25) is 0 Å². The van der Waals surface area contributed by atoms with Crippen LogP contribution in [0.1, 0.15) is 17.0 Å². The second-order valence-corrected chi connectivity index (χ2v) is 5.30. The lowest BCUT2D eigenvalue weighted by molar-refractivity contribution is 0.332. The third-order valence-corrected chi connectivity index (χ3v) is 3.88. The summed E-state index contributed by atoms with van der Waals surface area (Å²) in [6, 6.07) is 16.7. The van der Waals surface area contributed by atoms with Gasteiger partial charge >= 0.3 is 0 Å². The van der Waals surface area contributed by atoms with Gasteiger partial charge in [0, 0.05) is 37.3 Å². The molecular weight excluding hydrogens is 248 g/mol. The number of para-hydroxylation sites is 1. The summed E-state index contributed by atoms with van der Waals surface area (Å²) >= 11 is 0. The fourth-order valence-corrected chi connectivity index (χ4v) is 2.74. The molecule has 3 heteroatoms. The Bertz CT molecular complexity index is 597. The van der Waals surface area contributed by atoms with Gasteiger partial charge in [0.15, 0.2) is 0 Å². The lowest BCUT2D eigenvalue weighted by atomic mass is 10.0. The fourth-order valence-electron chi connectivity index (χ4n) is 2.74. The molecule has 0 bridgehead atoms. The van der Waals surface area contributed by atoms with Crippen molar-refractivity contribution in [3.05, 3.63) is 59.7 Å². The van der Waals surface area contributed by atoms with E-state index in [1.54, 1.807) is 0 Å². The molecule has 1 atom stereocenters. The van der Waals surface area contributed by atoms with Crippen LogP contribution in [0.25, 0.3) is 0 Å². The van der Waals surface area contributed by atoms with Crippen molar-refractivity contribution in [2.75, 3.05) is 25.1 Å². The van der Waals surface area contributed by atoms with Crippen LogP contribution in [0.5, 0.6) is 5.75 Å². The average Bonchev–Trinajstić information content (AvgIpc) is 2.90. The Morgan fingerprint density at radius 3 is 2.90 bits per heavy atom. The summed E-state index contributed by atoms with van der Waals surface area (Å²) in [4.78, 5) is 2.27. The van der Waals surface area contributed by atoms with E-state index in [1.165, 1.54) is 11.3 Å². The molecule has 1 unspecified atom stereocenters. The second-order valence-electron chi connectivity index (χ2n) is 5.30. The molecule has 104 valence electrons. The number of anilines is 1. The average molecular weight is 268 g/mol. The maximum atomic E-state index is 5.75. The molecule has 2 aromatic rings. The van der Waals surface area contributed by atoms with Crippen LogP contribution in [-0.2, 0) is 6.54 Å². The Labute approximate surface area is 120 Å². The van der Waals surface area contributed by atoms with Crippen molar-refractivity contribution in [2.24, 2.45) is 5.73 Å². The third-order valence-electron chi connectivity index (χ3n) is 3.88. The van der Waals surface area contributed by atoms with E-state index in [4.69, 9.17) is 10.5 Å². The number of nitrogens with zero attached hydrogens (tertiary/aromatic N) is 1. The number of hydrogen-bond donors (Lipinski definition) is 1. The molecule has 3 rings (SSSR count). The van der Waals surface area contributed by atoms with Crippen LogP contribution >= 0.6 is 0 Å². The fraction of sp³-hybridized carbons (Fsp3) is 0.294. The molecule has 1 aliphatic heterocycles. The van der Waals surface area contributed by atoms with Crippen LogP contribution in [0, 0.1) is 0 Å². The smallest absolute Gasteiger partial charge is 0.122 e. The van der Waals surface area contributed by atoms with Crippen molar-refractivity contribution < 1.29 is 4.74 Å². The molecular formula is C17H20N2O. The number of likely N-dealkylation sites (N-methyl/N-ethyl adjacent to an activating group) is 1. The zero-order chi connectivity index (χ0) is 13.9. The van der Waals surface area contributed by atoms with E-state index in [9.17, 15) is 0 Å². The highest BCUT2D eigenvalue weighted by atomic mass is 16.5. The second kappa shape index (κ2) is 5.55. The standard InChI is InChI=1S/C17H20N2O/c1-19(15-6-4-5-13(9-15)10-18)11-14-12-20-17-8-3-2-7-16(14)17/h2-9,14H,10-12,18H2,1H3. The van der Waals surface area contributed by atoms with Crippen molar-refractivity contribution in [1.82, 2.24) is 0 Å². The number of benzene rings is 2. The van der Waals surface area contributed by atoms with E-state index in [0.717, 1.165) is 24.5 Å². The molecule has 0 fully saturated rings. The molecule has 0 saturated carbocycles. The minimum Gasteiger partial charge on any atom is -0.493 e. The van der Waals surface area contributed by atoms with Gasteiger partial charge in [0.2, 0.25) is 0 Å². The van der Waals surface area contributed by atoms with Crippen LogP contribution in [0.4, 0.5) is 5.69 Å². The number of hydrogen-bond acceptors (Lipinski definition) is 3. The van der Waals surface area contributed by atoms with Crippen LogP contribution in [0.2, 0.25) is 0 Å². The van der Waals surface area contributed by atoms with Gasteiger partial charge in [-0.05, 0) is 23.8 Å². The Morgan fingerprint density at radius 1 is 1.20 bits per heavy atom. The Morgan fingerprint density at radius 2 is 2.05 bits per heavy atom. The predicted molar refractivity (Wildman–Crippen MR) is 82.3 cm³/mol. The highest BCUT2D eigenvalue weighted by molar-refractivity contribution is 5.49. The van der Waals surface area contributed by atoms with E-state index in [0.29, 0.717) is 12.5 Å². The monoisotopic (exact) mass is 268 g/mol. The van der Waals surface area contributed by atoms with Gasteiger partial charge in [-0.2, -0.15) is 0 Å². The molecule has 0 saturated heterocycles. The largest absolute Gasteiger partial charge is 0.493 e. The summed E-state index contributed by atoms with van der Waals surface area (Å²) in [6.07, 6.45) is 0. The highest BCUT2D eigenvalue weighted by Crippen LogP contribution is 2.34. The zero-order valence-corrected chi connectivity index (χ0v) is 11.8. The normalized spacial score (nSPS) is 16.6. The van der Waals surface area contributed by atoms with Crippen LogP contribution in [-0.4, -0.2) is 20.2 Å². The summed E-state index contributed by atoms with van der Waals surface area (Å²) in [5.74, 6) is 1.46. The molecule has 20 heavy (non-hydrogen) atoms. The molecule has 0 radical (unpaired) electrons. The first-order chi connectivity index (χ1) is 9.78. The summed E-state index contributed by atoms with van der Waals surface area (Å²) in [7, 11) is 2.12. The van der Waals surface area contributed by atoms with Gasteiger partial charge in [-0.1, -0.05) is 30.3 Å². The maximum absolute atomic E-state index is 5.75. The molecule has 1 heterocycles. The first-order valence-corrected chi connectivity index (χ1v) is 7.00. The van der Waals surface area contributed by atoms with E-state index < -0.39 is 0 Å². The van der Waals surface area contributed by atoms with Crippen molar-refractivity contribution >= 4 is 5.69 Å². The van der Waals surface area contributed by atoms with Crippen LogP contribution < -0.4 is 15.4 Å². The van der Waals surface area contributed by atoms with Crippen molar-refractivity contribution in [2.45, 2.75) is 12.5 Å². The Balaban J connectivity index is 1.75. The summed E-state index contributed by atoms with van der Waals surface area (Å²) in [6.45, 7) is 2.29. The van der Waals surface area contributed by atoms with Gasteiger partial charge in [-0.15, -0.1) is 0 Å². The molecule has 0 aromatic heterocycles. The van der Waals surface area contributed by atoms with Gasteiger partial charge < -0.3 is 15.4 Å². The molecule has 2 N–H and O–H groups in total. The minimum absolute atomic E-state index is 0.428. The lowest BCUT2D eigenvalue weighted by Crippen LogP contribution is -2.25. The molecule has 1 aliphatic rings. The number of nitrogens with two attached hydrogens (primary N) is 1. The molecule has 3 nitrogen and oxygen atoms in total. The highest BCUT2D eigenvalue weighted by Gasteiger charge is 2.24. The van der Waals surface area contributed by atoms with Crippen molar-refractivity contribution in [3.63, 3.8) is 0 Å². The SMILES string of the molecule is CN(CC1COc2ccccc21)c1cccc(CN)c1. The van der Waals surface area contributed by atoms with Gasteiger partial charge in [0.1, 0.15) is 5.75 Å². The predicted octanol–water partition coefficient (Wildman–Crippen LogP) is 2.76.